The minimum Gasteiger partial charge on any atom is -0.481 e. The summed E-state index contributed by atoms with van der Waals surface area (Å²) < 4.78 is 10.8. The summed E-state index contributed by atoms with van der Waals surface area (Å²) >= 11 is 0. The second-order valence-corrected chi connectivity index (χ2v) is 9.01. The number of carboxylic acid groups (broad SMARTS) is 1. The van der Waals surface area contributed by atoms with Crippen molar-refractivity contribution in [3.05, 3.63) is 0 Å². The lowest BCUT2D eigenvalue weighted by molar-refractivity contribution is -0.159. The lowest BCUT2D eigenvalue weighted by Gasteiger charge is -2.30. The highest BCUT2D eigenvalue weighted by atomic mass is 16.5. The summed E-state index contributed by atoms with van der Waals surface area (Å²) in [7, 11) is 0. The molecule has 0 saturated heterocycles. The summed E-state index contributed by atoms with van der Waals surface area (Å²) in [6.07, 6.45) is 14.1. The number of ether oxygens (including phenoxy) is 2. The Hall–Kier alpha value is -1.59. The minimum absolute atomic E-state index is 0.242. The van der Waals surface area contributed by atoms with E-state index in [0.717, 1.165) is 38.5 Å². The van der Waals surface area contributed by atoms with E-state index in [0.29, 0.717) is 19.6 Å². The van der Waals surface area contributed by atoms with Gasteiger partial charge in [-0.1, -0.05) is 78.1 Å². The molecule has 1 saturated carbocycles. The predicted molar refractivity (Wildman–Crippen MR) is 121 cm³/mol. The third-order valence-electron chi connectivity index (χ3n) is 6.21. The molecule has 0 radical (unpaired) electrons. The predicted octanol–water partition coefficient (Wildman–Crippen LogP) is 5.91. The molecule has 0 aliphatic heterocycles. The molecule has 0 heterocycles. The maximum Gasteiger partial charge on any atom is 0.308 e. The number of carbonyl (C=O) groups excluding carboxylic acids is 2. The molecule has 2 unspecified atom stereocenters. The van der Waals surface area contributed by atoms with Gasteiger partial charge >= 0.3 is 17.9 Å². The van der Waals surface area contributed by atoms with Gasteiger partial charge in [-0.2, -0.15) is 0 Å². The zero-order valence-electron chi connectivity index (χ0n) is 19.7. The second kappa shape index (κ2) is 17.0. The van der Waals surface area contributed by atoms with Crippen molar-refractivity contribution < 1.29 is 29.0 Å². The Kier molecular flexibility index (Phi) is 15.1. The number of carboxylic acids is 1. The first-order valence-electron chi connectivity index (χ1n) is 12.6. The molecule has 31 heavy (non-hydrogen) atoms. The Morgan fingerprint density at radius 1 is 0.613 bits per heavy atom. The molecular weight excluding hydrogens is 396 g/mol. The van der Waals surface area contributed by atoms with E-state index in [1.807, 2.05) is 0 Å². The normalized spacial score (nSPS) is 20.9. The van der Waals surface area contributed by atoms with Crippen LogP contribution in [0.1, 0.15) is 110 Å². The van der Waals surface area contributed by atoms with Crippen LogP contribution in [0.5, 0.6) is 0 Å². The summed E-state index contributed by atoms with van der Waals surface area (Å²) in [6, 6.07) is 0. The number of hydrogen-bond acceptors (Lipinski definition) is 5. The Balaban J connectivity index is 2.38. The van der Waals surface area contributed by atoms with Gasteiger partial charge in [-0.25, -0.2) is 0 Å². The average molecular weight is 441 g/mol. The third kappa shape index (κ3) is 12.1. The fourth-order valence-corrected chi connectivity index (χ4v) is 4.25. The van der Waals surface area contributed by atoms with E-state index >= 15 is 0 Å². The molecule has 6 nitrogen and oxygen atoms in total. The van der Waals surface area contributed by atoms with Crippen LogP contribution in [0, 0.1) is 17.8 Å². The molecule has 0 aromatic rings. The lowest BCUT2D eigenvalue weighted by Crippen LogP contribution is -2.36. The van der Waals surface area contributed by atoms with Gasteiger partial charge in [0.15, 0.2) is 0 Å². The van der Waals surface area contributed by atoms with Crippen LogP contribution in [0.2, 0.25) is 0 Å². The highest BCUT2D eigenvalue weighted by molar-refractivity contribution is 5.79. The molecular formula is C25H44O6. The molecule has 1 N–H and O–H groups in total. The minimum atomic E-state index is -0.956. The molecule has 180 valence electrons. The van der Waals surface area contributed by atoms with Gasteiger partial charge in [0.1, 0.15) is 0 Å². The molecule has 6 heteroatoms. The Morgan fingerprint density at radius 3 is 1.35 bits per heavy atom. The van der Waals surface area contributed by atoms with Gasteiger partial charge in [-0.15, -0.1) is 0 Å². The van der Waals surface area contributed by atoms with Crippen molar-refractivity contribution in [2.24, 2.45) is 17.8 Å². The van der Waals surface area contributed by atoms with E-state index in [9.17, 15) is 19.5 Å². The number of esters is 2. The van der Waals surface area contributed by atoms with Crippen LogP contribution in [0.4, 0.5) is 0 Å². The average Bonchev–Trinajstić information content (AvgIpc) is 2.77. The van der Waals surface area contributed by atoms with Gasteiger partial charge in [0.25, 0.3) is 0 Å². The molecule has 0 aromatic heterocycles. The largest absolute Gasteiger partial charge is 0.481 e. The molecule has 0 amide bonds. The fraction of sp³-hybridized carbons (Fsp3) is 0.880. The van der Waals surface area contributed by atoms with E-state index in [1.54, 1.807) is 0 Å². The number of aliphatic carboxylic acids is 1. The molecule has 2 atom stereocenters. The van der Waals surface area contributed by atoms with E-state index in [-0.39, 0.29) is 24.8 Å². The van der Waals surface area contributed by atoms with Crippen LogP contribution >= 0.6 is 0 Å². The zero-order valence-corrected chi connectivity index (χ0v) is 19.7. The van der Waals surface area contributed by atoms with Crippen LogP contribution in [0.3, 0.4) is 0 Å². The molecule has 0 aromatic carbocycles. The van der Waals surface area contributed by atoms with E-state index in [1.165, 1.54) is 38.5 Å². The lowest BCUT2D eigenvalue weighted by atomic mass is 9.75. The first kappa shape index (κ1) is 27.4. The SMILES string of the molecule is CCCCCCCCOC(=O)C1CC(C(=O)O)CC(C(=O)OCCCCCCCC)C1. The van der Waals surface area contributed by atoms with Crippen molar-refractivity contribution in [3.63, 3.8) is 0 Å². The van der Waals surface area contributed by atoms with Gasteiger partial charge in [0, 0.05) is 0 Å². The van der Waals surface area contributed by atoms with Crippen LogP contribution in [0.15, 0.2) is 0 Å². The maximum atomic E-state index is 12.5. The first-order valence-corrected chi connectivity index (χ1v) is 12.6. The Labute approximate surface area is 188 Å². The van der Waals surface area contributed by atoms with Crippen LogP contribution in [-0.2, 0) is 23.9 Å². The standard InChI is InChI=1S/C25H44O6/c1-3-5-7-9-11-13-15-30-24(28)21-17-20(23(26)27)18-22(19-21)25(29)31-16-14-12-10-8-6-4-2/h20-22H,3-19H2,1-2H3,(H,26,27). The van der Waals surface area contributed by atoms with Crippen molar-refractivity contribution in [3.8, 4) is 0 Å². The fourth-order valence-electron chi connectivity index (χ4n) is 4.25. The van der Waals surface area contributed by atoms with Gasteiger partial charge < -0.3 is 14.6 Å². The highest BCUT2D eigenvalue weighted by Crippen LogP contribution is 2.35. The van der Waals surface area contributed by atoms with Crippen molar-refractivity contribution in [2.75, 3.05) is 13.2 Å². The van der Waals surface area contributed by atoms with Gasteiger partial charge in [-0.05, 0) is 32.1 Å². The number of hydrogen-bond donors (Lipinski definition) is 1. The summed E-state index contributed by atoms with van der Waals surface area (Å²) in [6.45, 7) is 5.08. The highest BCUT2D eigenvalue weighted by Gasteiger charge is 2.40. The van der Waals surface area contributed by atoms with Crippen molar-refractivity contribution in [1.82, 2.24) is 0 Å². The maximum absolute atomic E-state index is 12.5. The number of unbranched alkanes of at least 4 members (excludes halogenated alkanes) is 10. The summed E-state index contributed by atoms with van der Waals surface area (Å²) in [5.41, 5.74) is 0. The van der Waals surface area contributed by atoms with Crippen molar-refractivity contribution in [2.45, 2.75) is 110 Å². The topological polar surface area (TPSA) is 89.9 Å². The molecule has 1 rings (SSSR count). The van der Waals surface area contributed by atoms with Gasteiger partial charge in [0.05, 0.1) is 31.0 Å². The second-order valence-electron chi connectivity index (χ2n) is 9.01. The smallest absolute Gasteiger partial charge is 0.308 e. The summed E-state index contributed by atoms with van der Waals surface area (Å²) in [4.78, 5) is 36.5. The van der Waals surface area contributed by atoms with E-state index in [4.69, 9.17) is 9.47 Å². The molecule has 0 bridgehead atoms. The molecule has 1 aliphatic carbocycles. The summed E-state index contributed by atoms with van der Waals surface area (Å²) in [5, 5.41) is 9.47. The van der Waals surface area contributed by atoms with Crippen LogP contribution < -0.4 is 0 Å². The number of carbonyl (C=O) groups is 3. The van der Waals surface area contributed by atoms with E-state index < -0.39 is 23.7 Å². The van der Waals surface area contributed by atoms with Crippen LogP contribution in [0.25, 0.3) is 0 Å². The summed E-state index contributed by atoms with van der Waals surface area (Å²) in [5.74, 6) is -3.47. The third-order valence-corrected chi connectivity index (χ3v) is 6.21. The first-order chi connectivity index (χ1) is 15.0. The van der Waals surface area contributed by atoms with Gasteiger partial charge in [0.2, 0.25) is 0 Å². The van der Waals surface area contributed by atoms with Crippen molar-refractivity contribution >= 4 is 17.9 Å². The molecule has 1 aliphatic rings. The zero-order chi connectivity index (χ0) is 22.9. The van der Waals surface area contributed by atoms with Gasteiger partial charge in [-0.3, -0.25) is 14.4 Å². The molecule has 1 fully saturated rings. The number of rotatable bonds is 17. The Morgan fingerprint density at radius 2 is 0.968 bits per heavy atom. The van der Waals surface area contributed by atoms with Crippen molar-refractivity contribution in [1.29, 1.82) is 0 Å². The van der Waals surface area contributed by atoms with E-state index in [2.05, 4.69) is 13.8 Å². The monoisotopic (exact) mass is 440 g/mol. The Bertz CT molecular complexity index is 480. The quantitative estimate of drug-likeness (QED) is 0.223. The van der Waals surface area contributed by atoms with Crippen LogP contribution in [-0.4, -0.2) is 36.2 Å². The molecule has 0 spiro atoms.